The molecule has 0 bridgehead atoms. The Bertz CT molecular complexity index is 1020. The normalized spacial score (nSPS) is 15.1. The molecule has 0 radical (unpaired) electrons. The maximum absolute atomic E-state index is 12.7. The van der Waals surface area contributed by atoms with Crippen LogP contribution in [0.2, 0.25) is 0 Å². The van der Waals surface area contributed by atoms with E-state index in [1.165, 1.54) is 12.1 Å². The minimum atomic E-state index is -4.42. The van der Waals surface area contributed by atoms with Gasteiger partial charge in [0.05, 0.1) is 23.5 Å². The van der Waals surface area contributed by atoms with Crippen LogP contribution in [-0.4, -0.2) is 30.9 Å². The molecule has 2 aromatic heterocycles. The Morgan fingerprint density at radius 2 is 1.93 bits per heavy atom. The molecule has 0 fully saturated rings. The molecule has 0 unspecified atom stereocenters. The average Bonchev–Trinajstić information content (AvgIpc) is 3.17. The van der Waals surface area contributed by atoms with Gasteiger partial charge in [-0.1, -0.05) is 5.16 Å². The van der Waals surface area contributed by atoms with Gasteiger partial charge in [-0.05, 0) is 31.2 Å². The van der Waals surface area contributed by atoms with E-state index in [2.05, 4.69) is 15.2 Å². The Morgan fingerprint density at radius 3 is 2.56 bits per heavy atom. The van der Waals surface area contributed by atoms with E-state index in [9.17, 15) is 18.0 Å². The van der Waals surface area contributed by atoms with Crippen LogP contribution >= 0.6 is 0 Å². The zero-order valence-corrected chi connectivity index (χ0v) is 14.4. The molecule has 1 aliphatic rings. The summed E-state index contributed by atoms with van der Waals surface area (Å²) < 4.78 is 45.9. The number of nitrogens with zero attached hydrogens (tertiary/aromatic N) is 5. The highest BCUT2D eigenvalue weighted by molar-refractivity contribution is 5.34. The van der Waals surface area contributed by atoms with Gasteiger partial charge in [-0.2, -0.15) is 17.9 Å². The fraction of sp³-hybridized carbons (Fsp3) is 0.353. The van der Waals surface area contributed by atoms with Crippen molar-refractivity contribution >= 4 is 0 Å². The first-order valence-electron chi connectivity index (χ1n) is 8.32. The van der Waals surface area contributed by atoms with Gasteiger partial charge < -0.3 is 4.52 Å². The van der Waals surface area contributed by atoms with Crippen molar-refractivity contribution in [2.24, 2.45) is 0 Å². The Kier molecular flexibility index (Phi) is 4.14. The van der Waals surface area contributed by atoms with E-state index in [-0.39, 0.29) is 5.69 Å². The molecule has 4 rings (SSSR count). The van der Waals surface area contributed by atoms with Crippen molar-refractivity contribution in [2.75, 3.05) is 6.54 Å². The molecule has 3 aromatic rings. The second-order valence-electron chi connectivity index (χ2n) is 6.45. The van der Waals surface area contributed by atoms with Crippen LogP contribution in [0.3, 0.4) is 0 Å². The van der Waals surface area contributed by atoms with E-state index in [0.717, 1.165) is 28.3 Å². The number of hydrogen-bond acceptors (Lipinski definition) is 5. The molecule has 0 atom stereocenters. The highest BCUT2D eigenvalue weighted by Crippen LogP contribution is 2.29. The molecule has 1 aliphatic heterocycles. The number of aryl methyl sites for hydroxylation is 1. The lowest BCUT2D eigenvalue weighted by Crippen LogP contribution is -2.37. The smallest absolute Gasteiger partial charge is 0.361 e. The molecule has 10 heteroatoms. The second kappa shape index (κ2) is 6.38. The zero-order valence-electron chi connectivity index (χ0n) is 14.4. The summed E-state index contributed by atoms with van der Waals surface area (Å²) >= 11 is 0. The van der Waals surface area contributed by atoms with E-state index in [4.69, 9.17) is 4.52 Å². The Hall–Kier alpha value is -2.88. The number of rotatable bonds is 3. The third kappa shape index (κ3) is 3.39. The van der Waals surface area contributed by atoms with Crippen molar-refractivity contribution in [1.29, 1.82) is 0 Å². The van der Waals surface area contributed by atoms with Crippen molar-refractivity contribution in [2.45, 2.75) is 32.7 Å². The summed E-state index contributed by atoms with van der Waals surface area (Å²) in [6.07, 6.45) is -4.42. The first-order valence-corrected chi connectivity index (χ1v) is 8.32. The third-order valence-corrected chi connectivity index (χ3v) is 4.45. The minimum Gasteiger partial charge on any atom is -0.361 e. The maximum Gasteiger partial charge on any atom is 0.416 e. The van der Waals surface area contributed by atoms with Crippen LogP contribution in [0.15, 0.2) is 39.6 Å². The summed E-state index contributed by atoms with van der Waals surface area (Å²) in [5.41, 5.74) is -0.0295. The fourth-order valence-corrected chi connectivity index (χ4v) is 3.12. The van der Waals surface area contributed by atoms with Crippen LogP contribution in [0.1, 0.15) is 22.8 Å². The molecule has 142 valence electrons. The number of aromatic nitrogens is 4. The topological polar surface area (TPSA) is 69.1 Å². The van der Waals surface area contributed by atoms with Gasteiger partial charge in [0.25, 0.3) is 0 Å². The lowest BCUT2D eigenvalue weighted by atomic mass is 10.2. The highest BCUT2D eigenvalue weighted by atomic mass is 19.4. The average molecular weight is 379 g/mol. The molecular weight excluding hydrogens is 363 g/mol. The molecule has 0 amide bonds. The van der Waals surface area contributed by atoms with E-state index in [0.29, 0.717) is 37.7 Å². The van der Waals surface area contributed by atoms with Gasteiger partial charge in [0, 0.05) is 25.7 Å². The van der Waals surface area contributed by atoms with E-state index in [1.807, 2.05) is 13.0 Å². The Labute approximate surface area is 151 Å². The largest absolute Gasteiger partial charge is 0.416 e. The van der Waals surface area contributed by atoms with Gasteiger partial charge >= 0.3 is 11.9 Å². The summed E-state index contributed by atoms with van der Waals surface area (Å²) in [6, 6.07) is 6.24. The van der Waals surface area contributed by atoms with Crippen molar-refractivity contribution in [3.05, 3.63) is 63.7 Å². The molecule has 27 heavy (non-hydrogen) atoms. The molecule has 0 N–H and O–H groups in total. The molecule has 0 saturated carbocycles. The number of benzene rings is 1. The molecule has 0 aliphatic carbocycles. The predicted octanol–water partition coefficient (Wildman–Crippen LogP) is 2.37. The van der Waals surface area contributed by atoms with Crippen LogP contribution in [-0.2, 0) is 25.8 Å². The van der Waals surface area contributed by atoms with Crippen molar-refractivity contribution in [3.8, 4) is 5.69 Å². The number of fused-ring (bicyclic) bond motifs is 1. The lowest BCUT2D eigenvalue weighted by Gasteiger charge is -2.25. The van der Waals surface area contributed by atoms with E-state index in [1.54, 1.807) is 4.57 Å². The minimum absolute atomic E-state index is 0.300. The standard InChI is InChI=1S/C17H16F3N5O2/c1-11-8-13(22-27-11)9-23-6-7-24-15(10-23)21-25(16(24)26)14-4-2-12(3-5-14)17(18,19)20/h2-5,8H,6-7,9-10H2,1H3. The van der Waals surface area contributed by atoms with Crippen LogP contribution in [0.5, 0.6) is 0 Å². The maximum atomic E-state index is 12.7. The summed E-state index contributed by atoms with van der Waals surface area (Å²) in [5.74, 6) is 1.29. The molecule has 0 saturated heterocycles. The monoisotopic (exact) mass is 379 g/mol. The van der Waals surface area contributed by atoms with E-state index >= 15 is 0 Å². The Morgan fingerprint density at radius 1 is 1.19 bits per heavy atom. The van der Waals surface area contributed by atoms with Gasteiger partial charge in [-0.15, -0.1) is 5.10 Å². The van der Waals surface area contributed by atoms with Crippen molar-refractivity contribution in [1.82, 2.24) is 24.4 Å². The zero-order chi connectivity index (χ0) is 19.2. The number of hydrogen-bond donors (Lipinski definition) is 0. The van der Waals surface area contributed by atoms with Gasteiger partial charge in [-0.25, -0.2) is 4.79 Å². The second-order valence-corrected chi connectivity index (χ2v) is 6.45. The van der Waals surface area contributed by atoms with Crippen LogP contribution < -0.4 is 5.69 Å². The van der Waals surface area contributed by atoms with E-state index < -0.39 is 11.7 Å². The van der Waals surface area contributed by atoms with Gasteiger partial charge in [0.2, 0.25) is 0 Å². The molecule has 3 heterocycles. The van der Waals surface area contributed by atoms with Crippen LogP contribution in [0.4, 0.5) is 13.2 Å². The number of alkyl halides is 3. The van der Waals surface area contributed by atoms with Gasteiger partial charge in [-0.3, -0.25) is 9.47 Å². The lowest BCUT2D eigenvalue weighted by molar-refractivity contribution is -0.137. The molecule has 1 aromatic carbocycles. The summed E-state index contributed by atoms with van der Waals surface area (Å²) in [7, 11) is 0. The summed E-state index contributed by atoms with van der Waals surface area (Å²) in [5, 5.41) is 8.27. The first-order chi connectivity index (χ1) is 12.8. The van der Waals surface area contributed by atoms with Gasteiger partial charge in [0.15, 0.2) is 0 Å². The third-order valence-electron chi connectivity index (χ3n) is 4.45. The summed E-state index contributed by atoms with van der Waals surface area (Å²) in [6.45, 7) is 3.91. The SMILES string of the molecule is Cc1cc(CN2CCn3c(nn(-c4ccc(C(F)(F)F)cc4)c3=O)C2)no1. The number of halogens is 3. The van der Waals surface area contributed by atoms with Gasteiger partial charge in [0.1, 0.15) is 11.6 Å². The fourth-order valence-electron chi connectivity index (χ4n) is 3.12. The quantitative estimate of drug-likeness (QED) is 0.699. The Balaban J connectivity index is 1.57. The molecule has 0 spiro atoms. The molecule has 7 nitrogen and oxygen atoms in total. The van der Waals surface area contributed by atoms with Crippen LogP contribution in [0, 0.1) is 6.92 Å². The van der Waals surface area contributed by atoms with Crippen molar-refractivity contribution < 1.29 is 17.7 Å². The van der Waals surface area contributed by atoms with Crippen molar-refractivity contribution in [3.63, 3.8) is 0 Å². The van der Waals surface area contributed by atoms with Crippen LogP contribution in [0.25, 0.3) is 5.69 Å². The first kappa shape index (κ1) is 17.5. The summed E-state index contributed by atoms with van der Waals surface area (Å²) in [4.78, 5) is 14.6. The highest BCUT2D eigenvalue weighted by Gasteiger charge is 2.30. The molecular formula is C17H16F3N5O2. The predicted molar refractivity (Wildman–Crippen MR) is 88.2 cm³/mol.